The second kappa shape index (κ2) is 7.11. The van der Waals surface area contributed by atoms with Gasteiger partial charge in [-0.15, -0.1) is 0 Å². The molecule has 144 valence electrons. The summed E-state index contributed by atoms with van der Waals surface area (Å²) in [5.41, 5.74) is 3.15. The van der Waals surface area contributed by atoms with E-state index >= 15 is 0 Å². The van der Waals surface area contributed by atoms with Gasteiger partial charge in [-0.05, 0) is 30.7 Å². The highest BCUT2D eigenvalue weighted by molar-refractivity contribution is 5.97. The van der Waals surface area contributed by atoms with Crippen molar-refractivity contribution < 1.29 is 4.79 Å². The molecule has 0 saturated carbocycles. The molecule has 2 aliphatic rings. The number of nitrogens with zero attached hydrogens (tertiary/aromatic N) is 6. The molecular weight excluding hydrogens is 366 g/mol. The Hall–Kier alpha value is -3.57. The number of hydrogen-bond acceptors (Lipinski definition) is 6. The Balaban J connectivity index is 1.33. The number of rotatable bonds is 4. The molecule has 0 spiro atoms. The van der Waals surface area contributed by atoms with Crippen molar-refractivity contribution in [1.29, 1.82) is 5.26 Å². The van der Waals surface area contributed by atoms with Crippen molar-refractivity contribution in [1.82, 2.24) is 30.0 Å². The van der Waals surface area contributed by atoms with E-state index < -0.39 is 0 Å². The fourth-order valence-electron chi connectivity index (χ4n) is 4.08. The van der Waals surface area contributed by atoms with E-state index in [-0.39, 0.29) is 18.0 Å². The van der Waals surface area contributed by atoms with E-state index in [0.717, 1.165) is 25.1 Å². The lowest BCUT2D eigenvalue weighted by molar-refractivity contribution is 0.0711. The lowest BCUT2D eigenvalue weighted by Gasteiger charge is -2.22. The molecule has 0 radical (unpaired) electrons. The van der Waals surface area contributed by atoms with E-state index in [1.807, 2.05) is 34.0 Å². The molecule has 8 heteroatoms. The van der Waals surface area contributed by atoms with Crippen molar-refractivity contribution in [3.63, 3.8) is 0 Å². The SMILES string of the molecule is N#Cc1ccnc(-c2ccc3c(n2)C(=O)N([C@H]2CN[C@H](Cn4cccn4)C2)C3)c1. The van der Waals surface area contributed by atoms with Crippen molar-refractivity contribution in [2.45, 2.75) is 31.6 Å². The van der Waals surface area contributed by atoms with Crippen LogP contribution in [0.1, 0.15) is 28.0 Å². The van der Waals surface area contributed by atoms with Crippen molar-refractivity contribution in [3.05, 3.63) is 65.7 Å². The molecule has 0 unspecified atom stereocenters. The second-order valence-corrected chi connectivity index (χ2v) is 7.40. The normalized spacial score (nSPS) is 20.7. The predicted molar refractivity (Wildman–Crippen MR) is 104 cm³/mol. The average Bonchev–Trinajstić information content (AvgIpc) is 3.50. The molecule has 0 aromatic carbocycles. The summed E-state index contributed by atoms with van der Waals surface area (Å²) in [5.74, 6) is -0.0372. The number of pyridine rings is 2. The van der Waals surface area contributed by atoms with Crippen LogP contribution < -0.4 is 5.32 Å². The maximum absolute atomic E-state index is 13.1. The summed E-state index contributed by atoms with van der Waals surface area (Å²) in [6, 6.07) is 11.6. The first-order valence-corrected chi connectivity index (χ1v) is 9.59. The maximum atomic E-state index is 13.1. The van der Waals surface area contributed by atoms with Crippen LogP contribution in [0.2, 0.25) is 0 Å². The summed E-state index contributed by atoms with van der Waals surface area (Å²) < 4.78 is 1.91. The van der Waals surface area contributed by atoms with Crippen molar-refractivity contribution in [2.24, 2.45) is 0 Å². The smallest absolute Gasteiger partial charge is 0.273 e. The maximum Gasteiger partial charge on any atom is 0.273 e. The Kier molecular flexibility index (Phi) is 4.30. The van der Waals surface area contributed by atoms with Gasteiger partial charge in [-0.25, -0.2) is 4.98 Å². The number of amides is 1. The number of nitriles is 1. The Bertz CT molecular complexity index is 1100. The highest BCUT2D eigenvalue weighted by atomic mass is 16.2. The summed E-state index contributed by atoms with van der Waals surface area (Å²) in [6.07, 6.45) is 6.20. The van der Waals surface area contributed by atoms with Gasteiger partial charge in [0, 0.05) is 49.3 Å². The third-order valence-electron chi connectivity index (χ3n) is 5.54. The van der Waals surface area contributed by atoms with Crippen LogP contribution in [0, 0.1) is 11.3 Å². The molecule has 5 rings (SSSR count). The number of carbonyl (C=O) groups is 1. The molecule has 3 aromatic heterocycles. The highest BCUT2D eigenvalue weighted by Crippen LogP contribution is 2.29. The Labute approximate surface area is 167 Å². The third-order valence-corrected chi connectivity index (χ3v) is 5.54. The molecule has 0 bridgehead atoms. The zero-order chi connectivity index (χ0) is 19.8. The van der Waals surface area contributed by atoms with Crippen LogP contribution in [0.3, 0.4) is 0 Å². The van der Waals surface area contributed by atoms with Crippen LogP contribution in [-0.2, 0) is 13.1 Å². The Morgan fingerprint density at radius 1 is 1.24 bits per heavy atom. The largest absolute Gasteiger partial charge is 0.329 e. The van der Waals surface area contributed by atoms with Gasteiger partial charge in [-0.2, -0.15) is 10.4 Å². The van der Waals surface area contributed by atoms with Crippen molar-refractivity contribution >= 4 is 5.91 Å². The van der Waals surface area contributed by atoms with Gasteiger partial charge in [0.25, 0.3) is 5.91 Å². The number of hydrogen-bond donors (Lipinski definition) is 1. The van der Waals surface area contributed by atoms with Gasteiger partial charge in [0.15, 0.2) is 0 Å². The molecule has 1 saturated heterocycles. The van der Waals surface area contributed by atoms with E-state index in [1.54, 1.807) is 24.5 Å². The van der Waals surface area contributed by atoms with E-state index in [2.05, 4.69) is 26.5 Å². The van der Waals surface area contributed by atoms with Crippen LogP contribution in [0.25, 0.3) is 11.4 Å². The fourth-order valence-corrected chi connectivity index (χ4v) is 4.08. The van der Waals surface area contributed by atoms with Gasteiger partial charge in [0.05, 0.1) is 29.6 Å². The number of fused-ring (bicyclic) bond motifs is 1. The zero-order valence-corrected chi connectivity index (χ0v) is 15.7. The summed E-state index contributed by atoms with van der Waals surface area (Å²) in [4.78, 5) is 23.8. The van der Waals surface area contributed by atoms with Gasteiger partial charge in [-0.1, -0.05) is 6.07 Å². The van der Waals surface area contributed by atoms with Crippen molar-refractivity contribution in [2.75, 3.05) is 6.54 Å². The Morgan fingerprint density at radius 2 is 2.17 bits per heavy atom. The molecule has 8 nitrogen and oxygen atoms in total. The standard InChI is InChI=1S/C21H19N7O/c22-10-14-4-6-23-19(8-14)18-3-2-15-12-28(21(29)20(15)26-18)17-9-16(24-11-17)13-27-7-1-5-25-27/h1-8,16-17,24H,9,11-13H2/t16-,17+/m0/s1. The molecule has 1 fully saturated rings. The number of aromatic nitrogens is 4. The minimum Gasteiger partial charge on any atom is -0.329 e. The molecule has 29 heavy (non-hydrogen) atoms. The molecule has 3 aromatic rings. The van der Waals surface area contributed by atoms with E-state index in [4.69, 9.17) is 5.26 Å². The molecular formula is C21H19N7O. The lowest BCUT2D eigenvalue weighted by Crippen LogP contribution is -2.37. The molecule has 2 aliphatic heterocycles. The molecule has 0 aliphatic carbocycles. The lowest BCUT2D eigenvalue weighted by atomic mass is 10.1. The molecule has 1 amide bonds. The summed E-state index contributed by atoms with van der Waals surface area (Å²) in [7, 11) is 0. The summed E-state index contributed by atoms with van der Waals surface area (Å²) in [6.45, 7) is 2.14. The molecule has 5 heterocycles. The van der Waals surface area contributed by atoms with Crippen molar-refractivity contribution in [3.8, 4) is 17.5 Å². The van der Waals surface area contributed by atoms with Crippen LogP contribution in [-0.4, -0.2) is 49.2 Å². The first kappa shape index (κ1) is 17.5. The van der Waals surface area contributed by atoms with Crippen LogP contribution in [0.15, 0.2) is 48.9 Å². The fraction of sp³-hybridized carbons (Fsp3) is 0.286. The minimum atomic E-state index is -0.0372. The number of carbonyl (C=O) groups excluding carboxylic acids is 1. The van der Waals surface area contributed by atoms with Gasteiger partial charge < -0.3 is 10.2 Å². The van der Waals surface area contributed by atoms with Crippen LogP contribution >= 0.6 is 0 Å². The summed E-state index contributed by atoms with van der Waals surface area (Å²) in [5, 5.41) is 16.9. The zero-order valence-electron chi connectivity index (χ0n) is 15.7. The average molecular weight is 385 g/mol. The van der Waals surface area contributed by atoms with E-state index in [0.29, 0.717) is 29.2 Å². The van der Waals surface area contributed by atoms with Crippen LogP contribution in [0.5, 0.6) is 0 Å². The topological polar surface area (TPSA) is 99.7 Å². The first-order valence-electron chi connectivity index (χ1n) is 9.59. The monoisotopic (exact) mass is 385 g/mol. The Morgan fingerprint density at radius 3 is 3.00 bits per heavy atom. The van der Waals surface area contributed by atoms with Gasteiger partial charge in [0.2, 0.25) is 0 Å². The quantitative estimate of drug-likeness (QED) is 0.732. The van der Waals surface area contributed by atoms with Gasteiger partial charge in [-0.3, -0.25) is 14.5 Å². The molecule has 1 N–H and O–H groups in total. The number of nitrogens with one attached hydrogen (secondary N) is 1. The van der Waals surface area contributed by atoms with E-state index in [9.17, 15) is 4.79 Å². The van der Waals surface area contributed by atoms with E-state index in [1.165, 1.54) is 0 Å². The third kappa shape index (κ3) is 3.26. The summed E-state index contributed by atoms with van der Waals surface area (Å²) >= 11 is 0. The highest BCUT2D eigenvalue weighted by Gasteiger charge is 2.38. The second-order valence-electron chi connectivity index (χ2n) is 7.40. The van der Waals surface area contributed by atoms with Crippen LogP contribution in [0.4, 0.5) is 0 Å². The first-order chi connectivity index (χ1) is 14.2. The van der Waals surface area contributed by atoms with Gasteiger partial charge in [0.1, 0.15) is 5.69 Å². The molecule has 2 atom stereocenters. The minimum absolute atomic E-state index is 0.0372. The van der Waals surface area contributed by atoms with Gasteiger partial charge >= 0.3 is 0 Å². The predicted octanol–water partition coefficient (Wildman–Crippen LogP) is 1.60.